The van der Waals surface area contributed by atoms with Gasteiger partial charge in [-0.1, -0.05) is 25.1 Å². The van der Waals surface area contributed by atoms with Gasteiger partial charge in [-0.25, -0.2) is 8.42 Å². The van der Waals surface area contributed by atoms with Crippen molar-refractivity contribution < 1.29 is 17.9 Å². The van der Waals surface area contributed by atoms with Gasteiger partial charge in [-0.2, -0.15) is 4.31 Å². The Morgan fingerprint density at radius 3 is 2.26 bits per heavy atom. The molecular weight excluding hydrogens is 450 g/mol. The normalized spacial score (nSPS) is 19.1. The largest absolute Gasteiger partial charge is 0.496 e. The molecule has 0 atom stereocenters. The predicted octanol–water partition coefficient (Wildman–Crippen LogP) is 3.51. The van der Waals surface area contributed by atoms with Gasteiger partial charge < -0.3 is 10.1 Å². The van der Waals surface area contributed by atoms with E-state index in [9.17, 15) is 13.2 Å². The number of carbonyl (C=O) groups is 1. The average Bonchev–Trinajstić information content (AvgIpc) is 2.86. The Labute approximate surface area is 203 Å². The second-order valence-corrected chi connectivity index (χ2v) is 11.4. The molecule has 7 nitrogen and oxygen atoms in total. The molecule has 4 rings (SSSR count). The van der Waals surface area contributed by atoms with Crippen LogP contribution >= 0.6 is 0 Å². The summed E-state index contributed by atoms with van der Waals surface area (Å²) in [6.07, 6.45) is 3.52. The first-order chi connectivity index (χ1) is 16.4. The summed E-state index contributed by atoms with van der Waals surface area (Å²) in [5.41, 5.74) is 1.66. The number of sulfonamides is 1. The molecule has 0 spiro atoms. The van der Waals surface area contributed by atoms with Crippen LogP contribution in [0.25, 0.3) is 0 Å². The summed E-state index contributed by atoms with van der Waals surface area (Å²) >= 11 is 0. The Bertz CT molecular complexity index is 1070. The average molecular weight is 486 g/mol. The molecule has 34 heavy (non-hydrogen) atoms. The lowest BCUT2D eigenvalue weighted by Gasteiger charge is -2.32. The Morgan fingerprint density at radius 2 is 1.62 bits per heavy atom. The summed E-state index contributed by atoms with van der Waals surface area (Å²) in [5.74, 6) is 1.31. The highest BCUT2D eigenvalue weighted by Gasteiger charge is 2.28. The number of hydrogen-bond donors (Lipinski definition) is 1. The zero-order valence-electron chi connectivity index (χ0n) is 20.1. The lowest BCUT2D eigenvalue weighted by Crippen LogP contribution is -2.44. The maximum absolute atomic E-state index is 12.9. The van der Waals surface area contributed by atoms with Gasteiger partial charge in [0.15, 0.2) is 0 Å². The Hall–Kier alpha value is -2.42. The molecule has 0 aliphatic carbocycles. The number of para-hydroxylation sites is 1. The van der Waals surface area contributed by atoms with E-state index < -0.39 is 10.0 Å². The van der Waals surface area contributed by atoms with Crippen molar-refractivity contribution in [3.8, 4) is 5.75 Å². The standard InChI is InChI=1S/C26H35N3O4S/c1-20-11-17-29(18-12-20)34(31,32)24-9-7-21(8-10-24)26(30)27-23-13-15-28(16-14-23)19-22-5-3-4-6-25(22)33-2/h3-10,20,23H,11-19H2,1-2H3,(H,27,30). The van der Waals surface area contributed by atoms with Crippen molar-refractivity contribution in [2.45, 2.75) is 50.1 Å². The Kier molecular flexibility index (Phi) is 7.91. The van der Waals surface area contributed by atoms with Crippen molar-refractivity contribution in [2.24, 2.45) is 5.92 Å². The summed E-state index contributed by atoms with van der Waals surface area (Å²) in [6, 6.07) is 14.5. The van der Waals surface area contributed by atoms with E-state index in [1.54, 1.807) is 35.7 Å². The number of nitrogens with zero attached hydrogens (tertiary/aromatic N) is 2. The van der Waals surface area contributed by atoms with Crippen LogP contribution in [-0.2, 0) is 16.6 Å². The van der Waals surface area contributed by atoms with E-state index in [1.165, 1.54) is 5.56 Å². The van der Waals surface area contributed by atoms with Gasteiger partial charge in [0.05, 0.1) is 12.0 Å². The molecule has 2 aromatic rings. The number of hydrogen-bond acceptors (Lipinski definition) is 5. The third-order valence-electron chi connectivity index (χ3n) is 7.01. The highest BCUT2D eigenvalue weighted by molar-refractivity contribution is 7.89. The minimum atomic E-state index is -3.51. The quantitative estimate of drug-likeness (QED) is 0.649. The highest BCUT2D eigenvalue weighted by Crippen LogP contribution is 2.24. The molecule has 2 aliphatic heterocycles. The SMILES string of the molecule is COc1ccccc1CN1CCC(NC(=O)c2ccc(S(=O)(=O)N3CCC(C)CC3)cc2)CC1. The fourth-order valence-corrected chi connectivity index (χ4v) is 6.20. The number of likely N-dealkylation sites (tertiary alicyclic amines) is 1. The van der Waals surface area contributed by atoms with Gasteiger partial charge >= 0.3 is 0 Å². The van der Waals surface area contributed by atoms with Gasteiger partial charge in [-0.15, -0.1) is 0 Å². The van der Waals surface area contributed by atoms with Crippen LogP contribution in [0.2, 0.25) is 0 Å². The van der Waals surface area contributed by atoms with Crippen molar-refractivity contribution in [2.75, 3.05) is 33.3 Å². The van der Waals surface area contributed by atoms with Crippen molar-refractivity contribution >= 4 is 15.9 Å². The summed E-state index contributed by atoms with van der Waals surface area (Å²) in [7, 11) is -1.81. The number of amides is 1. The minimum absolute atomic E-state index is 0.111. The van der Waals surface area contributed by atoms with Crippen LogP contribution in [0.3, 0.4) is 0 Å². The van der Waals surface area contributed by atoms with Crippen LogP contribution in [-0.4, -0.2) is 62.9 Å². The number of carbonyl (C=O) groups excluding carboxylic acids is 1. The molecule has 184 valence electrons. The van der Waals surface area contributed by atoms with Crippen LogP contribution in [0.5, 0.6) is 5.75 Å². The van der Waals surface area contributed by atoms with E-state index in [0.717, 1.165) is 51.1 Å². The maximum atomic E-state index is 12.9. The molecule has 0 aromatic heterocycles. The van der Waals surface area contributed by atoms with Crippen LogP contribution < -0.4 is 10.1 Å². The monoisotopic (exact) mass is 485 g/mol. The van der Waals surface area contributed by atoms with Crippen LogP contribution in [0.4, 0.5) is 0 Å². The number of nitrogens with one attached hydrogen (secondary N) is 1. The first-order valence-electron chi connectivity index (χ1n) is 12.1. The molecule has 2 fully saturated rings. The number of benzene rings is 2. The summed E-state index contributed by atoms with van der Waals surface area (Å²) in [4.78, 5) is 15.4. The van der Waals surface area contributed by atoms with Crippen molar-refractivity contribution in [3.05, 3.63) is 59.7 Å². The molecule has 0 unspecified atom stereocenters. The number of methoxy groups -OCH3 is 1. The van der Waals surface area contributed by atoms with Crippen LogP contribution in [0, 0.1) is 5.92 Å². The van der Waals surface area contributed by atoms with Gasteiger partial charge in [-0.05, 0) is 61.9 Å². The van der Waals surface area contributed by atoms with Gasteiger partial charge in [-0.3, -0.25) is 9.69 Å². The third kappa shape index (κ3) is 5.79. The van der Waals surface area contributed by atoms with Gasteiger partial charge in [0.1, 0.15) is 5.75 Å². The van der Waals surface area contributed by atoms with Crippen LogP contribution in [0.1, 0.15) is 48.5 Å². The van der Waals surface area contributed by atoms with Gasteiger partial charge in [0.2, 0.25) is 10.0 Å². The van der Waals surface area contributed by atoms with E-state index in [2.05, 4.69) is 23.2 Å². The number of rotatable bonds is 7. The lowest BCUT2D eigenvalue weighted by molar-refractivity contribution is 0.0908. The van der Waals surface area contributed by atoms with E-state index in [4.69, 9.17) is 4.74 Å². The van der Waals surface area contributed by atoms with Crippen molar-refractivity contribution in [1.29, 1.82) is 0 Å². The van der Waals surface area contributed by atoms with Crippen molar-refractivity contribution in [1.82, 2.24) is 14.5 Å². The van der Waals surface area contributed by atoms with E-state index in [1.807, 2.05) is 18.2 Å². The first-order valence-corrected chi connectivity index (χ1v) is 13.6. The molecule has 0 saturated carbocycles. The second kappa shape index (κ2) is 10.9. The molecule has 8 heteroatoms. The van der Waals surface area contributed by atoms with E-state index in [0.29, 0.717) is 24.6 Å². The molecule has 1 amide bonds. The van der Waals surface area contributed by atoms with Gasteiger partial charge in [0.25, 0.3) is 5.91 Å². The predicted molar refractivity (Wildman–Crippen MR) is 132 cm³/mol. The molecule has 0 bridgehead atoms. The Balaban J connectivity index is 1.29. The van der Waals surface area contributed by atoms with E-state index in [-0.39, 0.29) is 16.8 Å². The lowest BCUT2D eigenvalue weighted by atomic mass is 10.0. The highest BCUT2D eigenvalue weighted by atomic mass is 32.2. The topological polar surface area (TPSA) is 79.0 Å². The fraction of sp³-hybridized carbons (Fsp3) is 0.500. The zero-order valence-corrected chi connectivity index (χ0v) is 20.9. The molecule has 2 saturated heterocycles. The second-order valence-electron chi connectivity index (χ2n) is 9.45. The first kappa shape index (κ1) is 24.7. The third-order valence-corrected chi connectivity index (χ3v) is 8.92. The molecule has 0 radical (unpaired) electrons. The smallest absolute Gasteiger partial charge is 0.251 e. The molecular formula is C26H35N3O4S. The molecule has 2 aromatic carbocycles. The van der Waals surface area contributed by atoms with Crippen molar-refractivity contribution in [3.63, 3.8) is 0 Å². The summed E-state index contributed by atoms with van der Waals surface area (Å²) < 4.78 is 32.8. The molecule has 1 N–H and O–H groups in total. The summed E-state index contributed by atoms with van der Waals surface area (Å²) in [5, 5.41) is 3.12. The summed E-state index contributed by atoms with van der Waals surface area (Å²) in [6.45, 7) is 5.89. The van der Waals surface area contributed by atoms with Gasteiger partial charge in [0, 0.05) is 49.9 Å². The molecule has 2 heterocycles. The minimum Gasteiger partial charge on any atom is -0.496 e. The van der Waals surface area contributed by atoms with Crippen LogP contribution in [0.15, 0.2) is 53.4 Å². The molecule has 2 aliphatic rings. The van der Waals surface area contributed by atoms with E-state index >= 15 is 0 Å². The Morgan fingerprint density at radius 1 is 0.971 bits per heavy atom. The number of piperidine rings is 2. The maximum Gasteiger partial charge on any atom is 0.251 e. The number of ether oxygens (including phenoxy) is 1. The zero-order chi connectivity index (χ0) is 24.1. The fourth-order valence-electron chi connectivity index (χ4n) is 4.73.